The number of carbonyl (C=O) groups is 1. The van der Waals surface area contributed by atoms with Gasteiger partial charge in [-0.25, -0.2) is 9.97 Å². The number of carbonyl (C=O) groups excluding carboxylic acids is 1. The molecule has 0 bridgehead atoms. The summed E-state index contributed by atoms with van der Waals surface area (Å²) in [7, 11) is 1.69. The molecule has 2 aromatic rings. The van der Waals surface area contributed by atoms with Gasteiger partial charge in [-0.2, -0.15) is 0 Å². The van der Waals surface area contributed by atoms with Crippen molar-refractivity contribution in [3.05, 3.63) is 53.1 Å². The Hall–Kier alpha value is -2.47. The molecule has 3 heterocycles. The van der Waals surface area contributed by atoms with E-state index in [4.69, 9.17) is 9.72 Å². The second-order valence-electron chi connectivity index (χ2n) is 7.81. The molecule has 1 unspecified atom stereocenters. The molecule has 1 saturated heterocycles. The van der Waals surface area contributed by atoms with Crippen LogP contribution in [0.15, 0.2) is 30.5 Å². The van der Waals surface area contributed by atoms with Gasteiger partial charge in [0.25, 0.3) is 0 Å². The molecule has 0 aliphatic carbocycles. The molecule has 1 amide bonds. The number of rotatable bonds is 4. The first-order valence-electron chi connectivity index (χ1n) is 10.1. The zero-order valence-corrected chi connectivity index (χ0v) is 16.7. The first kappa shape index (κ1) is 18.9. The van der Waals surface area contributed by atoms with Crippen molar-refractivity contribution in [3.8, 4) is 5.75 Å². The molecular formula is C22H28N4O2. The van der Waals surface area contributed by atoms with Crippen LogP contribution in [0.1, 0.15) is 48.3 Å². The quantitative estimate of drug-likeness (QED) is 0.816. The fourth-order valence-corrected chi connectivity index (χ4v) is 4.20. The third-order valence-electron chi connectivity index (χ3n) is 5.83. The third kappa shape index (κ3) is 4.17. The maximum atomic E-state index is 11.6. The molecule has 4 rings (SSSR count). The van der Waals surface area contributed by atoms with Gasteiger partial charge < -0.3 is 9.64 Å². The predicted molar refractivity (Wildman–Crippen MR) is 107 cm³/mol. The summed E-state index contributed by atoms with van der Waals surface area (Å²) < 4.78 is 5.25. The van der Waals surface area contributed by atoms with Gasteiger partial charge in [-0.3, -0.25) is 9.69 Å². The predicted octanol–water partition coefficient (Wildman–Crippen LogP) is 2.77. The third-order valence-corrected chi connectivity index (χ3v) is 5.83. The highest BCUT2D eigenvalue weighted by Gasteiger charge is 2.26. The molecule has 0 radical (unpaired) electrons. The molecule has 1 aromatic carbocycles. The normalized spacial score (nSPS) is 19.9. The Labute approximate surface area is 166 Å². The van der Waals surface area contributed by atoms with Crippen LogP contribution < -0.4 is 4.74 Å². The van der Waals surface area contributed by atoms with E-state index in [9.17, 15) is 4.79 Å². The van der Waals surface area contributed by atoms with Crippen LogP contribution in [0.2, 0.25) is 0 Å². The van der Waals surface area contributed by atoms with Crippen molar-refractivity contribution in [2.75, 3.05) is 26.7 Å². The molecule has 1 fully saturated rings. The van der Waals surface area contributed by atoms with E-state index >= 15 is 0 Å². The topological polar surface area (TPSA) is 58.6 Å². The number of aromatic nitrogens is 2. The molecule has 0 spiro atoms. The maximum Gasteiger partial charge on any atom is 0.219 e. The first-order valence-corrected chi connectivity index (χ1v) is 10.1. The van der Waals surface area contributed by atoms with Crippen LogP contribution in [0, 0.1) is 0 Å². The van der Waals surface area contributed by atoms with E-state index in [2.05, 4.69) is 22.0 Å². The molecule has 0 N–H and O–H groups in total. The van der Waals surface area contributed by atoms with Crippen LogP contribution in [-0.4, -0.2) is 52.4 Å². The summed E-state index contributed by atoms with van der Waals surface area (Å²) in [6.45, 7) is 6.07. The molecule has 0 saturated carbocycles. The number of fused-ring (bicyclic) bond motifs is 1. The fraction of sp³-hybridized carbons (Fsp3) is 0.500. The standard InChI is InChI=1S/C22H28N4O2/c1-16(27)26-11-9-21-19(15-26)12-23-22(24-21)18-4-3-10-25(14-18)13-17-5-7-20(28-2)8-6-17/h5-8,12,18H,3-4,9-11,13-15H2,1-2H3. The van der Waals surface area contributed by atoms with Gasteiger partial charge in [0.2, 0.25) is 5.91 Å². The van der Waals surface area contributed by atoms with Crippen molar-refractivity contribution >= 4 is 5.91 Å². The average Bonchev–Trinajstić information content (AvgIpc) is 2.73. The summed E-state index contributed by atoms with van der Waals surface area (Å²) >= 11 is 0. The number of likely N-dealkylation sites (tertiary alicyclic amines) is 1. The Morgan fingerprint density at radius 1 is 1.25 bits per heavy atom. The van der Waals surface area contributed by atoms with Crippen LogP contribution in [0.25, 0.3) is 0 Å². The highest BCUT2D eigenvalue weighted by molar-refractivity contribution is 5.73. The number of nitrogens with zero attached hydrogens (tertiary/aromatic N) is 4. The summed E-state index contributed by atoms with van der Waals surface area (Å²) in [5.41, 5.74) is 3.52. The second-order valence-corrected chi connectivity index (χ2v) is 7.81. The van der Waals surface area contributed by atoms with Crippen molar-refractivity contribution in [2.24, 2.45) is 0 Å². The molecule has 28 heavy (non-hydrogen) atoms. The molecule has 1 aromatic heterocycles. The maximum absolute atomic E-state index is 11.6. The zero-order valence-electron chi connectivity index (χ0n) is 16.7. The number of hydrogen-bond acceptors (Lipinski definition) is 5. The van der Waals surface area contributed by atoms with Gasteiger partial charge >= 0.3 is 0 Å². The molecule has 148 valence electrons. The van der Waals surface area contributed by atoms with E-state index in [1.54, 1.807) is 14.0 Å². The van der Waals surface area contributed by atoms with Crippen molar-refractivity contribution < 1.29 is 9.53 Å². The lowest BCUT2D eigenvalue weighted by atomic mass is 9.96. The Balaban J connectivity index is 1.42. The van der Waals surface area contributed by atoms with Crippen LogP contribution in [0.5, 0.6) is 5.75 Å². The van der Waals surface area contributed by atoms with Gasteiger partial charge in [0, 0.05) is 57.2 Å². The van der Waals surface area contributed by atoms with Gasteiger partial charge in [0.1, 0.15) is 11.6 Å². The van der Waals surface area contributed by atoms with Crippen LogP contribution in [0.4, 0.5) is 0 Å². The van der Waals surface area contributed by atoms with Gasteiger partial charge in [-0.1, -0.05) is 12.1 Å². The minimum absolute atomic E-state index is 0.121. The van der Waals surface area contributed by atoms with Crippen molar-refractivity contribution in [1.29, 1.82) is 0 Å². The minimum Gasteiger partial charge on any atom is -0.497 e. The largest absolute Gasteiger partial charge is 0.497 e. The summed E-state index contributed by atoms with van der Waals surface area (Å²) in [6.07, 6.45) is 5.07. The van der Waals surface area contributed by atoms with Crippen LogP contribution in [0.3, 0.4) is 0 Å². The van der Waals surface area contributed by atoms with Crippen LogP contribution >= 0.6 is 0 Å². The monoisotopic (exact) mass is 380 g/mol. The molecule has 2 aliphatic rings. The lowest BCUT2D eigenvalue weighted by Gasteiger charge is -2.33. The van der Waals surface area contributed by atoms with E-state index in [0.29, 0.717) is 12.5 Å². The van der Waals surface area contributed by atoms with Crippen molar-refractivity contribution in [3.63, 3.8) is 0 Å². The summed E-state index contributed by atoms with van der Waals surface area (Å²) in [5, 5.41) is 0. The van der Waals surface area contributed by atoms with E-state index in [1.807, 2.05) is 23.2 Å². The highest BCUT2D eigenvalue weighted by atomic mass is 16.5. The number of piperidine rings is 1. The lowest BCUT2D eigenvalue weighted by Crippen LogP contribution is -2.36. The van der Waals surface area contributed by atoms with E-state index < -0.39 is 0 Å². The summed E-state index contributed by atoms with van der Waals surface area (Å²) in [5.74, 6) is 2.36. The number of ether oxygens (including phenoxy) is 1. The number of amides is 1. The van der Waals surface area contributed by atoms with Gasteiger partial charge in [0.15, 0.2) is 0 Å². The van der Waals surface area contributed by atoms with Crippen molar-refractivity contribution in [1.82, 2.24) is 19.8 Å². The fourth-order valence-electron chi connectivity index (χ4n) is 4.20. The Kier molecular flexibility index (Phi) is 5.57. The Morgan fingerprint density at radius 2 is 2.07 bits per heavy atom. The van der Waals surface area contributed by atoms with E-state index in [0.717, 1.165) is 61.9 Å². The second kappa shape index (κ2) is 8.27. The smallest absolute Gasteiger partial charge is 0.219 e. The molecule has 2 aliphatic heterocycles. The van der Waals surface area contributed by atoms with Gasteiger partial charge in [-0.15, -0.1) is 0 Å². The number of methoxy groups -OCH3 is 1. The lowest BCUT2D eigenvalue weighted by molar-refractivity contribution is -0.129. The Morgan fingerprint density at radius 3 is 2.82 bits per heavy atom. The summed E-state index contributed by atoms with van der Waals surface area (Å²) in [6, 6.07) is 8.32. The van der Waals surface area contributed by atoms with Gasteiger partial charge in [-0.05, 0) is 37.1 Å². The van der Waals surface area contributed by atoms with Crippen LogP contribution in [-0.2, 0) is 24.3 Å². The minimum atomic E-state index is 0.121. The number of benzene rings is 1. The van der Waals surface area contributed by atoms with Gasteiger partial charge in [0.05, 0.1) is 12.8 Å². The summed E-state index contributed by atoms with van der Waals surface area (Å²) in [4.78, 5) is 25.6. The molecular weight excluding hydrogens is 352 g/mol. The number of hydrogen-bond donors (Lipinski definition) is 0. The van der Waals surface area contributed by atoms with Crippen molar-refractivity contribution in [2.45, 2.75) is 45.2 Å². The first-order chi connectivity index (χ1) is 13.6. The van der Waals surface area contributed by atoms with E-state index in [1.165, 1.54) is 12.0 Å². The zero-order chi connectivity index (χ0) is 19.5. The average molecular weight is 380 g/mol. The molecule has 6 nitrogen and oxygen atoms in total. The molecule has 1 atom stereocenters. The SMILES string of the molecule is COc1ccc(CN2CCCC(c3ncc4c(n3)CCN(C(C)=O)C4)C2)cc1. The van der Waals surface area contributed by atoms with E-state index in [-0.39, 0.29) is 5.91 Å². The molecule has 6 heteroatoms. The Bertz CT molecular complexity index is 837. The highest BCUT2D eigenvalue weighted by Crippen LogP contribution is 2.27.